The lowest BCUT2D eigenvalue weighted by Gasteiger charge is -2.29. The predicted molar refractivity (Wildman–Crippen MR) is 106 cm³/mol. The van der Waals surface area contributed by atoms with Gasteiger partial charge < -0.3 is 4.74 Å². The second-order valence-corrected chi connectivity index (χ2v) is 6.83. The summed E-state index contributed by atoms with van der Waals surface area (Å²) < 4.78 is 5.92. The number of ether oxygens (including phenoxy) is 1. The minimum Gasteiger partial charge on any atom is -0.496 e. The molecule has 0 atom stereocenters. The van der Waals surface area contributed by atoms with E-state index in [2.05, 4.69) is 21.2 Å². The van der Waals surface area contributed by atoms with Crippen LogP contribution in [0.3, 0.4) is 0 Å². The molecule has 0 aliphatic carbocycles. The van der Waals surface area contributed by atoms with Crippen LogP contribution in [0, 0.1) is 0 Å². The van der Waals surface area contributed by atoms with Crippen molar-refractivity contribution in [1.29, 1.82) is 0 Å². The van der Waals surface area contributed by atoms with Gasteiger partial charge in [0.1, 0.15) is 11.3 Å². The first-order valence-electron chi connectivity index (χ1n) is 7.76. The van der Waals surface area contributed by atoms with Crippen molar-refractivity contribution in [2.45, 2.75) is 6.54 Å². The summed E-state index contributed by atoms with van der Waals surface area (Å²) in [6.07, 6.45) is 1.54. The maximum absolute atomic E-state index is 12.8. The quantitative estimate of drug-likeness (QED) is 0.459. The van der Waals surface area contributed by atoms with Gasteiger partial charge in [0, 0.05) is 0 Å². The lowest BCUT2D eigenvalue weighted by molar-refractivity contribution is -0.129. The largest absolute Gasteiger partial charge is 0.496 e. The highest BCUT2D eigenvalue weighted by atomic mass is 79.9. The summed E-state index contributed by atoms with van der Waals surface area (Å²) in [7, 11) is 1.57. The molecular formula is C19H15BrN2O3S. The number of rotatable bonds is 4. The van der Waals surface area contributed by atoms with E-state index in [1.54, 1.807) is 31.4 Å². The summed E-state index contributed by atoms with van der Waals surface area (Å²) in [5.74, 6) is -0.260. The lowest BCUT2D eigenvalue weighted by Crippen LogP contribution is -2.53. The fourth-order valence-electron chi connectivity index (χ4n) is 2.54. The Balaban J connectivity index is 1.91. The standard InChI is InChI=1S/C19H15BrN2O3S/c1-25-16-8-7-13(10-15(16)20)9-14-17(23)21-19(26)22(18(14)24)11-12-5-3-2-4-6-12/h2-10H,11H2,1H3,(H,21,23,26)/b14-9+. The molecule has 7 heteroatoms. The molecule has 5 nitrogen and oxygen atoms in total. The van der Waals surface area contributed by atoms with Crippen LogP contribution in [0.4, 0.5) is 0 Å². The Bertz CT molecular complexity index is 912. The second kappa shape index (κ2) is 7.80. The third-order valence-corrected chi connectivity index (χ3v) is 4.80. The van der Waals surface area contributed by atoms with Crippen molar-refractivity contribution >= 4 is 51.2 Å². The van der Waals surface area contributed by atoms with Gasteiger partial charge in [-0.15, -0.1) is 0 Å². The maximum Gasteiger partial charge on any atom is 0.265 e. The number of thiocarbonyl (C=S) groups is 1. The molecule has 1 N–H and O–H groups in total. The highest BCUT2D eigenvalue weighted by Gasteiger charge is 2.33. The zero-order chi connectivity index (χ0) is 18.7. The smallest absolute Gasteiger partial charge is 0.265 e. The molecule has 0 bridgehead atoms. The molecule has 1 saturated heterocycles. The monoisotopic (exact) mass is 430 g/mol. The fourth-order valence-corrected chi connectivity index (χ4v) is 3.34. The molecule has 132 valence electrons. The van der Waals surface area contributed by atoms with Gasteiger partial charge in [-0.2, -0.15) is 0 Å². The van der Waals surface area contributed by atoms with Gasteiger partial charge in [0.15, 0.2) is 5.11 Å². The fraction of sp³-hybridized carbons (Fsp3) is 0.105. The Kier molecular flexibility index (Phi) is 5.49. The number of amides is 2. The molecule has 0 spiro atoms. The maximum atomic E-state index is 12.8. The molecule has 2 aromatic rings. The summed E-state index contributed by atoms with van der Waals surface area (Å²) >= 11 is 8.57. The predicted octanol–water partition coefficient (Wildman–Crippen LogP) is 3.28. The SMILES string of the molecule is COc1ccc(/C=C2\C(=O)NC(=S)N(Cc3ccccc3)C2=O)cc1Br. The van der Waals surface area contributed by atoms with Crippen molar-refractivity contribution in [2.24, 2.45) is 0 Å². The van der Waals surface area contributed by atoms with E-state index in [0.29, 0.717) is 17.9 Å². The van der Waals surface area contributed by atoms with Crippen LogP contribution in [-0.2, 0) is 16.1 Å². The van der Waals surface area contributed by atoms with Crippen LogP contribution < -0.4 is 10.1 Å². The number of nitrogens with zero attached hydrogens (tertiary/aromatic N) is 1. The number of nitrogens with one attached hydrogen (secondary N) is 1. The first-order valence-corrected chi connectivity index (χ1v) is 8.96. The number of hydrogen-bond acceptors (Lipinski definition) is 4. The Morgan fingerprint density at radius 3 is 2.58 bits per heavy atom. The van der Waals surface area contributed by atoms with Gasteiger partial charge in [-0.25, -0.2) is 0 Å². The normalized spacial score (nSPS) is 16.0. The number of halogens is 1. The van der Waals surface area contributed by atoms with Gasteiger partial charge in [0.05, 0.1) is 18.1 Å². The molecule has 26 heavy (non-hydrogen) atoms. The minimum atomic E-state index is -0.503. The van der Waals surface area contributed by atoms with Crippen molar-refractivity contribution in [3.05, 3.63) is 69.7 Å². The molecule has 1 aliphatic rings. The van der Waals surface area contributed by atoms with E-state index in [1.165, 1.54) is 4.90 Å². The number of benzene rings is 2. The van der Waals surface area contributed by atoms with Gasteiger partial charge in [-0.1, -0.05) is 36.4 Å². The third kappa shape index (κ3) is 3.84. The lowest BCUT2D eigenvalue weighted by atomic mass is 10.1. The van der Waals surface area contributed by atoms with Crippen molar-refractivity contribution in [2.75, 3.05) is 7.11 Å². The first-order chi connectivity index (χ1) is 12.5. The van der Waals surface area contributed by atoms with Gasteiger partial charge in [-0.3, -0.25) is 19.8 Å². The van der Waals surface area contributed by atoms with Gasteiger partial charge >= 0.3 is 0 Å². The minimum absolute atomic E-state index is 0.0339. The Morgan fingerprint density at radius 1 is 1.19 bits per heavy atom. The summed E-state index contributed by atoms with van der Waals surface area (Å²) in [5.41, 5.74) is 1.65. The van der Waals surface area contributed by atoms with E-state index in [4.69, 9.17) is 17.0 Å². The topological polar surface area (TPSA) is 58.6 Å². The van der Waals surface area contributed by atoms with E-state index in [0.717, 1.165) is 10.0 Å². The van der Waals surface area contributed by atoms with Gasteiger partial charge in [0.2, 0.25) is 0 Å². The summed E-state index contributed by atoms with van der Waals surface area (Å²) in [6, 6.07) is 14.8. The summed E-state index contributed by atoms with van der Waals surface area (Å²) in [5, 5.41) is 2.69. The molecule has 1 fully saturated rings. The number of carbonyl (C=O) groups is 2. The van der Waals surface area contributed by atoms with E-state index in [9.17, 15) is 9.59 Å². The van der Waals surface area contributed by atoms with Crippen molar-refractivity contribution in [1.82, 2.24) is 10.2 Å². The molecular weight excluding hydrogens is 416 g/mol. The summed E-state index contributed by atoms with van der Waals surface area (Å²) in [4.78, 5) is 26.5. The molecule has 3 rings (SSSR count). The van der Waals surface area contributed by atoms with Crippen LogP contribution in [0.25, 0.3) is 6.08 Å². The zero-order valence-electron chi connectivity index (χ0n) is 13.9. The van der Waals surface area contributed by atoms with Crippen LogP contribution in [0.5, 0.6) is 5.75 Å². The number of methoxy groups -OCH3 is 1. The number of carbonyl (C=O) groups excluding carboxylic acids is 2. The van der Waals surface area contributed by atoms with Crippen molar-refractivity contribution in [3.63, 3.8) is 0 Å². The molecule has 0 radical (unpaired) electrons. The Morgan fingerprint density at radius 2 is 1.92 bits per heavy atom. The van der Waals surface area contributed by atoms with Gasteiger partial charge in [0.25, 0.3) is 11.8 Å². The molecule has 0 saturated carbocycles. The Hall–Kier alpha value is -2.51. The van der Waals surface area contributed by atoms with Crippen LogP contribution in [-0.4, -0.2) is 28.9 Å². The Labute approximate surface area is 164 Å². The highest BCUT2D eigenvalue weighted by Crippen LogP contribution is 2.27. The van der Waals surface area contributed by atoms with Crippen molar-refractivity contribution < 1.29 is 14.3 Å². The van der Waals surface area contributed by atoms with Crippen LogP contribution in [0.1, 0.15) is 11.1 Å². The molecule has 2 amide bonds. The highest BCUT2D eigenvalue weighted by molar-refractivity contribution is 9.10. The van der Waals surface area contributed by atoms with Crippen LogP contribution >= 0.6 is 28.1 Å². The van der Waals surface area contributed by atoms with Crippen LogP contribution in [0.2, 0.25) is 0 Å². The number of hydrogen-bond donors (Lipinski definition) is 1. The van der Waals surface area contributed by atoms with E-state index in [1.807, 2.05) is 30.3 Å². The molecule has 1 heterocycles. The third-order valence-electron chi connectivity index (χ3n) is 3.86. The van der Waals surface area contributed by atoms with Crippen LogP contribution in [0.15, 0.2) is 58.6 Å². The summed E-state index contributed by atoms with van der Waals surface area (Å²) in [6.45, 7) is 0.294. The molecule has 2 aromatic carbocycles. The van der Waals surface area contributed by atoms with E-state index >= 15 is 0 Å². The second-order valence-electron chi connectivity index (χ2n) is 5.59. The average Bonchev–Trinajstić information content (AvgIpc) is 2.63. The first kappa shape index (κ1) is 18.3. The van der Waals surface area contributed by atoms with Gasteiger partial charge in [-0.05, 0) is 57.5 Å². The van der Waals surface area contributed by atoms with Crippen molar-refractivity contribution in [3.8, 4) is 5.75 Å². The molecule has 1 aliphatic heterocycles. The molecule has 0 aromatic heterocycles. The molecule has 0 unspecified atom stereocenters. The zero-order valence-corrected chi connectivity index (χ0v) is 16.3. The van der Waals surface area contributed by atoms with E-state index in [-0.39, 0.29) is 10.7 Å². The average molecular weight is 431 g/mol. The van der Waals surface area contributed by atoms with E-state index < -0.39 is 11.8 Å².